The van der Waals surface area contributed by atoms with Crippen molar-refractivity contribution in [2.45, 2.75) is 19.4 Å². The molecule has 0 fully saturated rings. The second-order valence-electron chi connectivity index (χ2n) is 3.45. The van der Waals surface area contributed by atoms with Crippen LogP contribution in [-0.2, 0) is 6.42 Å². The lowest BCUT2D eigenvalue weighted by Crippen LogP contribution is -2.19. The fraction of sp³-hybridized carbons (Fsp3) is 0.273. The van der Waals surface area contributed by atoms with Crippen LogP contribution < -0.4 is 5.32 Å². The predicted octanol–water partition coefficient (Wildman–Crippen LogP) is 2.58. The molecule has 0 saturated carbocycles. The Kier molecular flexibility index (Phi) is 3.29. The van der Waals surface area contributed by atoms with Gasteiger partial charge in [-0.3, -0.25) is 0 Å². The van der Waals surface area contributed by atoms with Gasteiger partial charge in [-0.25, -0.2) is 9.97 Å². The van der Waals surface area contributed by atoms with Crippen LogP contribution in [0.3, 0.4) is 0 Å². The van der Waals surface area contributed by atoms with Crippen LogP contribution in [0.2, 0.25) is 0 Å². The molecule has 0 aliphatic carbocycles. The van der Waals surface area contributed by atoms with Gasteiger partial charge in [0, 0.05) is 18.4 Å². The molecule has 1 N–H and O–H groups in total. The average Bonchev–Trinajstić information content (AvgIpc) is 2.71. The van der Waals surface area contributed by atoms with E-state index in [9.17, 15) is 0 Å². The second kappa shape index (κ2) is 4.89. The first-order valence-corrected chi connectivity index (χ1v) is 5.83. The maximum absolute atomic E-state index is 4.13. The number of aromatic nitrogens is 2. The largest absolute Gasteiger partial charge is 0.351 e. The van der Waals surface area contributed by atoms with Crippen molar-refractivity contribution in [3.8, 4) is 0 Å². The van der Waals surface area contributed by atoms with Gasteiger partial charge in [0.2, 0.25) is 5.95 Å². The topological polar surface area (TPSA) is 37.8 Å². The molecule has 1 atom stereocenters. The highest BCUT2D eigenvalue weighted by Gasteiger charge is 2.04. The van der Waals surface area contributed by atoms with E-state index < -0.39 is 0 Å². The van der Waals surface area contributed by atoms with Gasteiger partial charge in [0.15, 0.2) is 0 Å². The van der Waals surface area contributed by atoms with Crippen molar-refractivity contribution in [1.29, 1.82) is 0 Å². The van der Waals surface area contributed by atoms with Gasteiger partial charge < -0.3 is 5.32 Å². The molecular weight excluding hydrogens is 206 g/mol. The van der Waals surface area contributed by atoms with E-state index in [0.29, 0.717) is 12.0 Å². The summed E-state index contributed by atoms with van der Waals surface area (Å²) in [6.07, 6.45) is 4.49. The molecule has 0 radical (unpaired) electrons. The highest BCUT2D eigenvalue weighted by molar-refractivity contribution is 7.07. The molecule has 2 aromatic heterocycles. The van der Waals surface area contributed by atoms with E-state index in [4.69, 9.17) is 0 Å². The lowest BCUT2D eigenvalue weighted by molar-refractivity contribution is 0.779. The molecule has 0 amide bonds. The number of thiophene rings is 1. The molecule has 0 aliphatic rings. The maximum atomic E-state index is 4.13. The SMILES string of the molecule is CC(Cc1ccsc1)Nc1ncccn1. The van der Waals surface area contributed by atoms with Crippen LogP contribution in [0.5, 0.6) is 0 Å². The zero-order valence-corrected chi connectivity index (χ0v) is 9.37. The summed E-state index contributed by atoms with van der Waals surface area (Å²) in [4.78, 5) is 8.26. The Labute approximate surface area is 93.2 Å². The zero-order valence-electron chi connectivity index (χ0n) is 8.55. The Hall–Kier alpha value is -1.42. The summed E-state index contributed by atoms with van der Waals surface area (Å²) in [5.74, 6) is 0.695. The number of nitrogens with one attached hydrogen (secondary N) is 1. The van der Waals surface area contributed by atoms with E-state index in [2.05, 4.69) is 39.0 Å². The van der Waals surface area contributed by atoms with Gasteiger partial charge in [0.05, 0.1) is 0 Å². The van der Waals surface area contributed by atoms with Crippen LogP contribution in [0.1, 0.15) is 12.5 Å². The molecule has 78 valence electrons. The van der Waals surface area contributed by atoms with Gasteiger partial charge in [-0.15, -0.1) is 0 Å². The molecule has 2 aromatic rings. The van der Waals surface area contributed by atoms with Crippen molar-refractivity contribution in [2.24, 2.45) is 0 Å². The number of hydrogen-bond acceptors (Lipinski definition) is 4. The number of rotatable bonds is 4. The third-order valence-electron chi connectivity index (χ3n) is 2.06. The average molecular weight is 219 g/mol. The van der Waals surface area contributed by atoms with Crippen molar-refractivity contribution >= 4 is 17.3 Å². The third-order valence-corrected chi connectivity index (χ3v) is 2.80. The van der Waals surface area contributed by atoms with Crippen LogP contribution >= 0.6 is 11.3 Å². The van der Waals surface area contributed by atoms with Gasteiger partial charge in [-0.1, -0.05) is 0 Å². The summed E-state index contributed by atoms with van der Waals surface area (Å²) in [5.41, 5.74) is 1.36. The van der Waals surface area contributed by atoms with Gasteiger partial charge in [0.1, 0.15) is 0 Å². The van der Waals surface area contributed by atoms with E-state index in [1.54, 1.807) is 23.7 Å². The lowest BCUT2D eigenvalue weighted by atomic mass is 10.1. The van der Waals surface area contributed by atoms with Crippen molar-refractivity contribution in [1.82, 2.24) is 9.97 Å². The number of hydrogen-bond donors (Lipinski definition) is 1. The molecule has 4 heteroatoms. The third kappa shape index (κ3) is 3.02. The Morgan fingerprint density at radius 2 is 2.20 bits per heavy atom. The van der Waals surface area contributed by atoms with Gasteiger partial charge in [-0.2, -0.15) is 11.3 Å². The minimum absolute atomic E-state index is 0.349. The van der Waals surface area contributed by atoms with Gasteiger partial charge >= 0.3 is 0 Å². The van der Waals surface area contributed by atoms with Gasteiger partial charge in [0.25, 0.3) is 0 Å². The zero-order chi connectivity index (χ0) is 10.5. The summed E-state index contributed by atoms with van der Waals surface area (Å²) in [7, 11) is 0. The predicted molar refractivity (Wildman–Crippen MR) is 63.1 cm³/mol. The molecule has 0 bridgehead atoms. The molecular formula is C11H13N3S. The fourth-order valence-electron chi connectivity index (χ4n) is 1.41. The Balaban J connectivity index is 1.90. The first kappa shape index (κ1) is 10.1. The quantitative estimate of drug-likeness (QED) is 0.858. The molecule has 2 heterocycles. The van der Waals surface area contributed by atoms with Crippen molar-refractivity contribution in [3.63, 3.8) is 0 Å². The van der Waals surface area contributed by atoms with E-state index in [1.807, 2.05) is 6.07 Å². The molecule has 0 aromatic carbocycles. The van der Waals surface area contributed by atoms with Crippen molar-refractivity contribution < 1.29 is 0 Å². The fourth-order valence-corrected chi connectivity index (χ4v) is 2.09. The first-order chi connectivity index (χ1) is 7.34. The van der Waals surface area contributed by atoms with Crippen LogP contribution in [0, 0.1) is 0 Å². The minimum atomic E-state index is 0.349. The highest BCUT2D eigenvalue weighted by Crippen LogP contribution is 2.10. The Morgan fingerprint density at radius 3 is 2.87 bits per heavy atom. The normalized spacial score (nSPS) is 12.3. The Bertz CT molecular complexity index is 385. The molecule has 1 unspecified atom stereocenters. The summed E-state index contributed by atoms with van der Waals surface area (Å²) in [6, 6.07) is 4.31. The molecule has 2 rings (SSSR count). The van der Waals surface area contributed by atoms with Crippen LogP contribution in [-0.4, -0.2) is 16.0 Å². The number of anilines is 1. The summed E-state index contributed by atoms with van der Waals surface area (Å²) in [5, 5.41) is 7.53. The Morgan fingerprint density at radius 1 is 1.40 bits per heavy atom. The maximum Gasteiger partial charge on any atom is 0.222 e. The molecule has 0 saturated heterocycles. The number of nitrogens with zero attached hydrogens (tertiary/aromatic N) is 2. The highest BCUT2D eigenvalue weighted by atomic mass is 32.1. The minimum Gasteiger partial charge on any atom is -0.351 e. The van der Waals surface area contributed by atoms with Crippen LogP contribution in [0.4, 0.5) is 5.95 Å². The van der Waals surface area contributed by atoms with E-state index in [1.165, 1.54) is 5.56 Å². The van der Waals surface area contributed by atoms with Gasteiger partial charge in [-0.05, 0) is 41.8 Å². The molecule has 15 heavy (non-hydrogen) atoms. The lowest BCUT2D eigenvalue weighted by Gasteiger charge is -2.12. The van der Waals surface area contributed by atoms with Crippen LogP contribution in [0.15, 0.2) is 35.3 Å². The van der Waals surface area contributed by atoms with Crippen molar-refractivity contribution in [2.75, 3.05) is 5.32 Å². The summed E-state index contributed by atoms with van der Waals surface area (Å²) in [6.45, 7) is 2.13. The summed E-state index contributed by atoms with van der Waals surface area (Å²) >= 11 is 1.73. The van der Waals surface area contributed by atoms with E-state index in [0.717, 1.165) is 6.42 Å². The molecule has 0 aliphatic heterocycles. The summed E-state index contributed by atoms with van der Waals surface area (Å²) < 4.78 is 0. The molecule has 0 spiro atoms. The second-order valence-corrected chi connectivity index (χ2v) is 4.23. The van der Waals surface area contributed by atoms with Crippen molar-refractivity contribution in [3.05, 3.63) is 40.8 Å². The first-order valence-electron chi connectivity index (χ1n) is 4.89. The monoisotopic (exact) mass is 219 g/mol. The van der Waals surface area contributed by atoms with Crippen LogP contribution in [0.25, 0.3) is 0 Å². The van der Waals surface area contributed by atoms with E-state index >= 15 is 0 Å². The standard InChI is InChI=1S/C11H13N3S/c1-9(7-10-3-6-15-8-10)14-11-12-4-2-5-13-11/h2-6,8-9H,7H2,1H3,(H,12,13,14). The molecule has 3 nitrogen and oxygen atoms in total. The van der Waals surface area contributed by atoms with E-state index in [-0.39, 0.29) is 0 Å². The smallest absolute Gasteiger partial charge is 0.222 e.